The molecule has 0 fully saturated rings. The van der Waals surface area contributed by atoms with E-state index in [1.807, 2.05) is 18.3 Å². The maximum absolute atomic E-state index is 5.22. The highest BCUT2D eigenvalue weighted by Gasteiger charge is 2.21. The van der Waals surface area contributed by atoms with Crippen molar-refractivity contribution in [2.24, 2.45) is 0 Å². The van der Waals surface area contributed by atoms with E-state index in [0.717, 1.165) is 48.2 Å². The summed E-state index contributed by atoms with van der Waals surface area (Å²) in [4.78, 5) is 15.8. The molecule has 0 radical (unpaired) electrons. The van der Waals surface area contributed by atoms with Gasteiger partial charge in [-0.1, -0.05) is 18.2 Å². The van der Waals surface area contributed by atoms with Gasteiger partial charge >= 0.3 is 0 Å². The molecule has 6 heteroatoms. The number of fused-ring (bicyclic) bond motifs is 1. The van der Waals surface area contributed by atoms with E-state index in [2.05, 4.69) is 56.4 Å². The normalized spacial score (nSPS) is 13.2. The van der Waals surface area contributed by atoms with Gasteiger partial charge in [0.05, 0.1) is 12.8 Å². The first-order valence-electron chi connectivity index (χ1n) is 9.10. The molecule has 138 valence electrons. The topological polar surface area (TPSA) is 63.2 Å². The number of hydrogen-bond acceptors (Lipinski definition) is 6. The van der Waals surface area contributed by atoms with Gasteiger partial charge in [0.1, 0.15) is 23.7 Å². The molecule has 0 saturated carbocycles. The zero-order chi connectivity index (χ0) is 18.6. The van der Waals surface area contributed by atoms with E-state index < -0.39 is 0 Å². The molecule has 4 rings (SSSR count). The fourth-order valence-corrected chi connectivity index (χ4v) is 3.27. The molecule has 6 nitrogen and oxygen atoms in total. The van der Waals surface area contributed by atoms with Crippen LogP contribution in [0.3, 0.4) is 0 Å². The quantitative estimate of drug-likeness (QED) is 0.752. The van der Waals surface area contributed by atoms with Crippen molar-refractivity contribution < 1.29 is 4.74 Å². The Labute approximate surface area is 159 Å². The molecule has 0 atom stereocenters. The van der Waals surface area contributed by atoms with E-state index >= 15 is 0 Å². The van der Waals surface area contributed by atoms with Crippen molar-refractivity contribution in [2.45, 2.75) is 26.4 Å². The maximum Gasteiger partial charge on any atom is 0.134 e. The average Bonchev–Trinajstić information content (AvgIpc) is 2.73. The number of nitrogens with one attached hydrogen (secondary N) is 1. The minimum absolute atomic E-state index is 0.705. The molecule has 27 heavy (non-hydrogen) atoms. The third-order valence-electron chi connectivity index (χ3n) is 4.84. The summed E-state index contributed by atoms with van der Waals surface area (Å²) in [6, 6.07) is 12.2. The molecule has 1 aromatic carbocycles. The highest BCUT2D eigenvalue weighted by atomic mass is 16.5. The minimum Gasteiger partial charge on any atom is -0.497 e. The van der Waals surface area contributed by atoms with Crippen LogP contribution in [0.5, 0.6) is 5.75 Å². The second-order valence-corrected chi connectivity index (χ2v) is 6.71. The fraction of sp³-hybridized carbons (Fsp3) is 0.286. The van der Waals surface area contributed by atoms with Crippen LogP contribution in [0.2, 0.25) is 0 Å². The van der Waals surface area contributed by atoms with Gasteiger partial charge in [0.2, 0.25) is 0 Å². The van der Waals surface area contributed by atoms with Gasteiger partial charge < -0.3 is 15.0 Å². The number of pyridine rings is 1. The molecule has 0 bridgehead atoms. The number of rotatable bonds is 5. The van der Waals surface area contributed by atoms with Crippen molar-refractivity contribution in [1.82, 2.24) is 15.0 Å². The lowest BCUT2D eigenvalue weighted by Crippen LogP contribution is -2.32. The lowest BCUT2D eigenvalue weighted by atomic mass is 10.1. The second-order valence-electron chi connectivity index (χ2n) is 6.71. The molecule has 1 N–H and O–H groups in total. The molecule has 3 heterocycles. The third kappa shape index (κ3) is 3.84. The summed E-state index contributed by atoms with van der Waals surface area (Å²) in [5.41, 5.74) is 4.61. The van der Waals surface area contributed by atoms with Crippen LogP contribution in [-0.4, -0.2) is 28.6 Å². The summed E-state index contributed by atoms with van der Waals surface area (Å²) in [6.45, 7) is 4.43. The van der Waals surface area contributed by atoms with Crippen molar-refractivity contribution in [2.75, 3.05) is 23.9 Å². The van der Waals surface area contributed by atoms with Gasteiger partial charge in [-0.05, 0) is 36.2 Å². The number of hydrogen-bond donors (Lipinski definition) is 1. The Hall–Kier alpha value is -3.15. The summed E-state index contributed by atoms with van der Waals surface area (Å²) in [5.74, 6) is 2.75. The van der Waals surface area contributed by atoms with Gasteiger partial charge in [-0.2, -0.15) is 0 Å². The standard InChI is InChI=1S/C21H23N5O/c1-15-3-8-20(22-11-15)26-10-9-19-18(13-26)21(25-14-24-19)23-12-16-4-6-17(27-2)7-5-16/h3-8,11,14H,9-10,12-13H2,1-2H3,(H,23,24,25). The van der Waals surface area contributed by atoms with Gasteiger partial charge in [0.25, 0.3) is 0 Å². The first-order chi connectivity index (χ1) is 13.2. The maximum atomic E-state index is 5.22. The van der Waals surface area contributed by atoms with Crippen molar-refractivity contribution in [3.63, 3.8) is 0 Å². The van der Waals surface area contributed by atoms with E-state index in [-0.39, 0.29) is 0 Å². The van der Waals surface area contributed by atoms with Crippen LogP contribution < -0.4 is 15.0 Å². The van der Waals surface area contributed by atoms with Crippen molar-refractivity contribution in [1.29, 1.82) is 0 Å². The first kappa shape index (κ1) is 17.3. The monoisotopic (exact) mass is 361 g/mol. The van der Waals surface area contributed by atoms with Gasteiger partial charge in [-0.3, -0.25) is 0 Å². The Kier molecular flexibility index (Phi) is 4.87. The Morgan fingerprint density at radius 2 is 1.93 bits per heavy atom. The van der Waals surface area contributed by atoms with Crippen LogP contribution in [0.1, 0.15) is 22.4 Å². The van der Waals surface area contributed by atoms with Crippen LogP contribution >= 0.6 is 0 Å². The average molecular weight is 361 g/mol. The van der Waals surface area contributed by atoms with Crippen LogP contribution in [0.4, 0.5) is 11.6 Å². The molecular formula is C21H23N5O. The predicted octanol–water partition coefficient (Wildman–Crippen LogP) is 3.36. The summed E-state index contributed by atoms with van der Waals surface area (Å²) in [5, 5.41) is 3.47. The molecule has 3 aromatic rings. The number of aromatic nitrogens is 3. The Morgan fingerprint density at radius 3 is 2.67 bits per heavy atom. The van der Waals surface area contributed by atoms with E-state index in [1.165, 1.54) is 11.1 Å². The summed E-state index contributed by atoms with van der Waals surface area (Å²) in [6.07, 6.45) is 4.45. The van der Waals surface area contributed by atoms with Gasteiger partial charge in [0.15, 0.2) is 0 Å². The summed E-state index contributed by atoms with van der Waals surface area (Å²) < 4.78 is 5.22. The SMILES string of the molecule is COc1ccc(CNc2ncnc3c2CN(c2ccc(C)cn2)CC3)cc1. The summed E-state index contributed by atoms with van der Waals surface area (Å²) in [7, 11) is 1.68. The largest absolute Gasteiger partial charge is 0.497 e. The highest BCUT2D eigenvalue weighted by Crippen LogP contribution is 2.26. The highest BCUT2D eigenvalue weighted by molar-refractivity contribution is 5.52. The van der Waals surface area contributed by atoms with Crippen LogP contribution in [0.15, 0.2) is 48.9 Å². The fourth-order valence-electron chi connectivity index (χ4n) is 3.27. The second kappa shape index (κ2) is 7.61. The smallest absolute Gasteiger partial charge is 0.134 e. The van der Waals surface area contributed by atoms with Crippen molar-refractivity contribution >= 4 is 11.6 Å². The molecule has 1 aliphatic heterocycles. The number of nitrogens with zero attached hydrogens (tertiary/aromatic N) is 4. The molecule has 0 aliphatic carbocycles. The van der Waals surface area contributed by atoms with Gasteiger partial charge in [-0.25, -0.2) is 15.0 Å². The Bertz CT molecular complexity index is 909. The van der Waals surface area contributed by atoms with Crippen LogP contribution in [0.25, 0.3) is 0 Å². The molecule has 0 unspecified atom stereocenters. The number of ether oxygens (including phenoxy) is 1. The zero-order valence-electron chi connectivity index (χ0n) is 15.6. The van der Waals surface area contributed by atoms with E-state index in [1.54, 1.807) is 13.4 Å². The number of aryl methyl sites for hydroxylation is 1. The van der Waals surface area contributed by atoms with Gasteiger partial charge in [0, 0.05) is 37.8 Å². The number of anilines is 2. The first-order valence-corrected chi connectivity index (χ1v) is 9.10. The van der Waals surface area contributed by atoms with Crippen LogP contribution in [0, 0.1) is 6.92 Å². The van der Waals surface area contributed by atoms with Crippen molar-refractivity contribution in [3.05, 3.63) is 71.3 Å². The zero-order valence-corrected chi connectivity index (χ0v) is 15.6. The molecule has 1 aliphatic rings. The van der Waals surface area contributed by atoms with E-state index in [0.29, 0.717) is 6.54 Å². The predicted molar refractivity (Wildman–Crippen MR) is 106 cm³/mol. The van der Waals surface area contributed by atoms with E-state index in [4.69, 9.17) is 4.74 Å². The van der Waals surface area contributed by atoms with Crippen LogP contribution in [-0.2, 0) is 19.5 Å². The Balaban J connectivity index is 1.51. The molecular weight excluding hydrogens is 338 g/mol. The molecule has 0 saturated heterocycles. The molecule has 0 spiro atoms. The molecule has 0 amide bonds. The Morgan fingerprint density at radius 1 is 1.07 bits per heavy atom. The summed E-state index contributed by atoms with van der Waals surface area (Å²) >= 11 is 0. The molecule has 2 aromatic heterocycles. The number of methoxy groups -OCH3 is 1. The van der Waals surface area contributed by atoms with Gasteiger partial charge in [-0.15, -0.1) is 0 Å². The minimum atomic E-state index is 0.705. The lowest BCUT2D eigenvalue weighted by Gasteiger charge is -2.30. The third-order valence-corrected chi connectivity index (χ3v) is 4.84. The lowest BCUT2D eigenvalue weighted by molar-refractivity contribution is 0.414. The number of benzene rings is 1. The van der Waals surface area contributed by atoms with Crippen molar-refractivity contribution in [3.8, 4) is 5.75 Å². The van der Waals surface area contributed by atoms with E-state index in [9.17, 15) is 0 Å².